The van der Waals surface area contributed by atoms with E-state index >= 15 is 0 Å². The van der Waals surface area contributed by atoms with Crippen molar-refractivity contribution in [2.24, 2.45) is 12.5 Å². The molecule has 1 aromatic heterocycles. The van der Waals surface area contributed by atoms with Crippen LogP contribution in [0.4, 0.5) is 0 Å². The molecule has 1 fully saturated rings. The SMILES string of the molecule is [2H]C1([2H])c2cc(-c3cc(-c4ccccc4C)[n+](C)cc3C)ccc2CC12CCCC2. The van der Waals surface area contributed by atoms with Crippen LogP contribution in [0.1, 0.15) is 50.7 Å². The lowest BCUT2D eigenvalue weighted by Gasteiger charge is -2.21. The summed E-state index contributed by atoms with van der Waals surface area (Å²) in [6, 6.07) is 17.3. The van der Waals surface area contributed by atoms with Crippen LogP contribution in [0.5, 0.6) is 0 Å². The molecule has 1 nitrogen and oxygen atoms in total. The molecular formula is C27H30N+. The number of nitrogens with zero attached hydrogens (tertiary/aromatic N) is 1. The molecule has 0 atom stereocenters. The van der Waals surface area contributed by atoms with Crippen molar-refractivity contribution in [3.63, 3.8) is 0 Å². The van der Waals surface area contributed by atoms with Crippen molar-refractivity contribution < 1.29 is 7.31 Å². The fourth-order valence-electron chi connectivity index (χ4n) is 5.28. The molecule has 2 aliphatic carbocycles. The molecule has 0 saturated heterocycles. The average molecular weight is 371 g/mol. The molecule has 0 unspecified atom stereocenters. The van der Waals surface area contributed by atoms with Crippen LogP contribution in [0.15, 0.2) is 54.7 Å². The van der Waals surface area contributed by atoms with Gasteiger partial charge in [0.25, 0.3) is 0 Å². The lowest BCUT2D eigenvalue weighted by atomic mass is 9.83. The first-order valence-corrected chi connectivity index (χ1v) is 10.5. The third-order valence-electron chi connectivity index (χ3n) is 6.80. The fraction of sp³-hybridized carbons (Fsp3) is 0.370. The Balaban J connectivity index is 1.63. The molecular weight excluding hydrogens is 338 g/mol. The summed E-state index contributed by atoms with van der Waals surface area (Å²) in [6.07, 6.45) is 6.21. The standard InChI is InChI=1S/C27H30N/c1-19-8-4-5-9-24(19)26-15-25(20(2)18-28(26)3)21-10-11-22-16-27(12-6-7-13-27)17-23(22)14-21/h4-5,8-11,14-15,18H,6-7,12-13,16-17H2,1-3H3/q+1/i17D2. The van der Waals surface area contributed by atoms with Crippen LogP contribution in [0.2, 0.25) is 0 Å². The van der Waals surface area contributed by atoms with Crippen LogP contribution < -0.4 is 4.57 Å². The van der Waals surface area contributed by atoms with E-state index < -0.39 is 6.37 Å². The quantitative estimate of drug-likeness (QED) is 0.478. The average Bonchev–Trinajstić information content (AvgIpc) is 3.27. The first kappa shape index (κ1) is 15.5. The van der Waals surface area contributed by atoms with Crippen molar-refractivity contribution in [3.8, 4) is 22.4 Å². The van der Waals surface area contributed by atoms with Crippen molar-refractivity contribution in [2.75, 3.05) is 0 Å². The van der Waals surface area contributed by atoms with E-state index in [2.05, 4.69) is 80.2 Å². The third kappa shape index (κ3) is 2.89. The summed E-state index contributed by atoms with van der Waals surface area (Å²) < 4.78 is 20.3. The molecule has 2 aliphatic rings. The van der Waals surface area contributed by atoms with Gasteiger partial charge in [0.2, 0.25) is 5.69 Å². The maximum absolute atomic E-state index is 9.03. The smallest absolute Gasteiger partial charge is 0.201 e. The third-order valence-corrected chi connectivity index (χ3v) is 6.80. The van der Waals surface area contributed by atoms with E-state index in [1.54, 1.807) is 0 Å². The van der Waals surface area contributed by atoms with Gasteiger partial charge in [0.1, 0.15) is 7.05 Å². The second kappa shape index (κ2) is 6.58. The Bertz CT molecular complexity index is 1140. The largest absolute Gasteiger partial charge is 0.213 e. The van der Waals surface area contributed by atoms with E-state index in [0.29, 0.717) is 0 Å². The summed E-state index contributed by atoms with van der Waals surface area (Å²) in [7, 11) is 2.10. The number of benzene rings is 2. The van der Waals surface area contributed by atoms with Gasteiger partial charge in [0.15, 0.2) is 6.20 Å². The summed E-state index contributed by atoms with van der Waals surface area (Å²) in [5, 5.41) is 0. The molecule has 142 valence electrons. The Morgan fingerprint density at radius 2 is 1.68 bits per heavy atom. The fourth-order valence-corrected chi connectivity index (χ4v) is 5.28. The monoisotopic (exact) mass is 370 g/mol. The van der Waals surface area contributed by atoms with Crippen LogP contribution in [0, 0.1) is 19.3 Å². The molecule has 0 aliphatic heterocycles. The lowest BCUT2D eigenvalue weighted by molar-refractivity contribution is -0.660. The van der Waals surface area contributed by atoms with E-state index in [-0.39, 0.29) is 5.41 Å². The zero-order chi connectivity index (χ0) is 21.1. The van der Waals surface area contributed by atoms with Crippen LogP contribution in [-0.2, 0) is 19.8 Å². The summed E-state index contributed by atoms with van der Waals surface area (Å²) in [5.41, 5.74) is 9.17. The molecule has 0 N–H and O–H groups in total. The zero-order valence-corrected chi connectivity index (χ0v) is 17.2. The highest BCUT2D eigenvalue weighted by atomic mass is 14.9. The highest BCUT2D eigenvalue weighted by Gasteiger charge is 2.39. The second-order valence-corrected chi connectivity index (χ2v) is 8.84. The molecule has 28 heavy (non-hydrogen) atoms. The Hall–Kier alpha value is -2.41. The topological polar surface area (TPSA) is 3.88 Å². The van der Waals surface area contributed by atoms with Crippen LogP contribution >= 0.6 is 0 Å². The molecule has 2 aromatic carbocycles. The normalized spacial score (nSPS) is 20.1. The molecule has 1 saturated carbocycles. The molecule has 0 radical (unpaired) electrons. The van der Waals surface area contributed by atoms with Crippen molar-refractivity contribution in [2.45, 2.75) is 52.3 Å². The molecule has 1 heteroatoms. The van der Waals surface area contributed by atoms with Gasteiger partial charge in [-0.2, -0.15) is 0 Å². The molecule has 1 heterocycles. The van der Waals surface area contributed by atoms with Crippen LogP contribution in [0.3, 0.4) is 0 Å². The van der Waals surface area contributed by atoms with Gasteiger partial charge in [0, 0.05) is 19.9 Å². The number of fused-ring (bicyclic) bond motifs is 1. The number of hydrogen-bond acceptors (Lipinski definition) is 0. The predicted octanol–water partition coefficient (Wildman–Crippen LogP) is 6.12. The molecule has 1 spiro atoms. The number of hydrogen-bond donors (Lipinski definition) is 0. The molecule has 3 aromatic rings. The van der Waals surface area contributed by atoms with Gasteiger partial charge < -0.3 is 0 Å². The number of pyridine rings is 1. The van der Waals surface area contributed by atoms with Crippen molar-refractivity contribution >= 4 is 0 Å². The Labute approximate surface area is 171 Å². The minimum atomic E-state index is -1.24. The predicted molar refractivity (Wildman–Crippen MR) is 116 cm³/mol. The second-order valence-electron chi connectivity index (χ2n) is 8.84. The molecule has 5 rings (SSSR count). The minimum absolute atomic E-state index is 0.182. The van der Waals surface area contributed by atoms with Gasteiger partial charge in [-0.25, -0.2) is 4.57 Å². The van der Waals surface area contributed by atoms with E-state index in [4.69, 9.17) is 2.74 Å². The summed E-state index contributed by atoms with van der Waals surface area (Å²) in [4.78, 5) is 0. The number of aryl methyl sites for hydroxylation is 3. The van der Waals surface area contributed by atoms with Crippen LogP contribution in [-0.4, -0.2) is 0 Å². The van der Waals surface area contributed by atoms with E-state index in [1.165, 1.54) is 33.5 Å². The summed E-state index contributed by atoms with van der Waals surface area (Å²) in [5.74, 6) is 0. The first-order valence-electron chi connectivity index (χ1n) is 11.5. The maximum atomic E-state index is 9.03. The summed E-state index contributed by atoms with van der Waals surface area (Å²) >= 11 is 0. The van der Waals surface area contributed by atoms with Crippen molar-refractivity contribution in [1.29, 1.82) is 0 Å². The number of rotatable bonds is 2. The van der Waals surface area contributed by atoms with Gasteiger partial charge in [-0.05, 0) is 78.8 Å². The lowest BCUT2D eigenvalue weighted by Crippen LogP contribution is -2.31. The Morgan fingerprint density at radius 3 is 2.46 bits per heavy atom. The minimum Gasteiger partial charge on any atom is -0.201 e. The van der Waals surface area contributed by atoms with E-state index in [9.17, 15) is 0 Å². The molecule has 0 amide bonds. The number of aromatic nitrogens is 1. The Kier molecular flexibility index (Phi) is 3.65. The van der Waals surface area contributed by atoms with Crippen molar-refractivity contribution in [3.05, 3.63) is 77.0 Å². The highest BCUT2D eigenvalue weighted by molar-refractivity contribution is 5.73. The van der Waals surface area contributed by atoms with Gasteiger partial charge in [-0.15, -0.1) is 0 Å². The first-order chi connectivity index (χ1) is 14.3. The molecule has 0 bridgehead atoms. The van der Waals surface area contributed by atoms with E-state index in [0.717, 1.165) is 43.2 Å². The zero-order valence-electron chi connectivity index (χ0n) is 19.2. The van der Waals surface area contributed by atoms with E-state index in [1.807, 2.05) is 0 Å². The summed E-state index contributed by atoms with van der Waals surface area (Å²) in [6.45, 7) is 4.30. The van der Waals surface area contributed by atoms with Gasteiger partial charge in [0.05, 0.1) is 0 Å². The maximum Gasteiger partial charge on any atom is 0.213 e. The van der Waals surface area contributed by atoms with Gasteiger partial charge in [-0.3, -0.25) is 0 Å². The van der Waals surface area contributed by atoms with Gasteiger partial charge in [-0.1, -0.05) is 49.2 Å². The van der Waals surface area contributed by atoms with Crippen molar-refractivity contribution in [1.82, 2.24) is 0 Å². The Morgan fingerprint density at radius 1 is 0.893 bits per heavy atom. The van der Waals surface area contributed by atoms with Crippen LogP contribution in [0.25, 0.3) is 22.4 Å². The highest BCUT2D eigenvalue weighted by Crippen LogP contribution is 2.49. The van der Waals surface area contributed by atoms with Gasteiger partial charge >= 0.3 is 0 Å².